The molecule has 0 aliphatic carbocycles. The zero-order valence-corrected chi connectivity index (χ0v) is 20.7. The van der Waals surface area contributed by atoms with E-state index in [4.69, 9.17) is 0 Å². The fourth-order valence-electron chi connectivity index (χ4n) is 3.54. The van der Waals surface area contributed by atoms with Crippen LogP contribution in [-0.4, -0.2) is 60.3 Å². The van der Waals surface area contributed by atoms with Crippen LogP contribution < -0.4 is 5.32 Å². The van der Waals surface area contributed by atoms with Crippen LogP contribution in [0.2, 0.25) is 0 Å². The average Bonchev–Trinajstić information content (AvgIpc) is 2.86. The second-order valence-corrected chi connectivity index (χ2v) is 10.4. The van der Waals surface area contributed by atoms with Gasteiger partial charge in [0, 0.05) is 39.0 Å². The van der Waals surface area contributed by atoms with Crippen molar-refractivity contribution in [3.8, 4) is 0 Å². The fraction of sp³-hybridized carbons (Fsp3) is 0.269. The lowest BCUT2D eigenvalue weighted by Crippen LogP contribution is -2.52. The SMILES string of the molecule is CN(CC(=O)N(Cc1ccccc1)C(Cc1ccccc1)C(=O)NCc1cccnc1)S(C)(=O)=O. The van der Waals surface area contributed by atoms with E-state index in [9.17, 15) is 18.0 Å². The molecule has 0 aliphatic rings. The number of pyridine rings is 1. The molecule has 8 nitrogen and oxygen atoms in total. The highest BCUT2D eigenvalue weighted by molar-refractivity contribution is 7.88. The smallest absolute Gasteiger partial charge is 0.243 e. The van der Waals surface area contributed by atoms with E-state index in [1.54, 1.807) is 18.5 Å². The molecule has 0 spiro atoms. The van der Waals surface area contributed by atoms with Crippen molar-refractivity contribution in [2.24, 2.45) is 0 Å². The first-order valence-corrected chi connectivity index (χ1v) is 13.0. The Bertz CT molecular complexity index is 1210. The molecule has 2 amide bonds. The molecular formula is C26H30N4O4S. The van der Waals surface area contributed by atoms with Gasteiger partial charge in [0.05, 0.1) is 12.8 Å². The van der Waals surface area contributed by atoms with Gasteiger partial charge in [0.25, 0.3) is 0 Å². The van der Waals surface area contributed by atoms with E-state index in [-0.39, 0.29) is 32.0 Å². The molecule has 0 fully saturated rings. The molecule has 1 unspecified atom stereocenters. The minimum absolute atomic E-state index is 0.162. The van der Waals surface area contributed by atoms with E-state index in [1.807, 2.05) is 66.7 Å². The van der Waals surface area contributed by atoms with Gasteiger partial charge in [-0.15, -0.1) is 0 Å². The van der Waals surface area contributed by atoms with Crippen LogP contribution in [0.1, 0.15) is 16.7 Å². The Kier molecular flexibility index (Phi) is 9.11. The van der Waals surface area contributed by atoms with Crippen LogP contribution in [0, 0.1) is 0 Å². The van der Waals surface area contributed by atoms with Crippen LogP contribution in [0.5, 0.6) is 0 Å². The summed E-state index contributed by atoms with van der Waals surface area (Å²) in [7, 11) is -2.23. The molecule has 9 heteroatoms. The van der Waals surface area contributed by atoms with Crippen LogP contribution in [0.4, 0.5) is 0 Å². The molecule has 0 saturated carbocycles. The number of carbonyl (C=O) groups is 2. The molecule has 2 aromatic carbocycles. The number of benzene rings is 2. The number of nitrogens with one attached hydrogen (secondary N) is 1. The predicted molar refractivity (Wildman–Crippen MR) is 134 cm³/mol. The summed E-state index contributed by atoms with van der Waals surface area (Å²) >= 11 is 0. The molecule has 184 valence electrons. The van der Waals surface area contributed by atoms with Crippen molar-refractivity contribution < 1.29 is 18.0 Å². The van der Waals surface area contributed by atoms with Crippen LogP contribution in [0.25, 0.3) is 0 Å². The third kappa shape index (κ3) is 8.01. The van der Waals surface area contributed by atoms with Crippen LogP contribution in [0.15, 0.2) is 85.2 Å². The highest BCUT2D eigenvalue weighted by Gasteiger charge is 2.31. The molecular weight excluding hydrogens is 464 g/mol. The molecule has 1 atom stereocenters. The molecule has 0 aliphatic heterocycles. The zero-order chi connectivity index (χ0) is 25.3. The quantitative estimate of drug-likeness (QED) is 0.441. The van der Waals surface area contributed by atoms with Gasteiger partial charge in [-0.2, -0.15) is 4.31 Å². The number of likely N-dealkylation sites (N-methyl/N-ethyl adjacent to an activating group) is 1. The Morgan fingerprint density at radius 2 is 1.51 bits per heavy atom. The van der Waals surface area contributed by atoms with E-state index < -0.39 is 22.0 Å². The number of rotatable bonds is 11. The summed E-state index contributed by atoms with van der Waals surface area (Å²) < 4.78 is 24.9. The highest BCUT2D eigenvalue weighted by Crippen LogP contribution is 2.16. The number of sulfonamides is 1. The maximum atomic E-state index is 13.5. The van der Waals surface area contributed by atoms with E-state index in [0.717, 1.165) is 27.3 Å². The number of aromatic nitrogens is 1. The van der Waals surface area contributed by atoms with Crippen LogP contribution in [-0.2, 0) is 39.1 Å². The van der Waals surface area contributed by atoms with E-state index in [1.165, 1.54) is 11.9 Å². The molecule has 3 rings (SSSR count). The molecule has 1 heterocycles. The van der Waals surface area contributed by atoms with Gasteiger partial charge in [0.15, 0.2) is 0 Å². The molecule has 0 saturated heterocycles. The lowest BCUT2D eigenvalue weighted by atomic mass is 10.0. The van der Waals surface area contributed by atoms with Crippen molar-refractivity contribution in [2.45, 2.75) is 25.6 Å². The number of hydrogen-bond donors (Lipinski definition) is 1. The third-order valence-corrected chi connectivity index (χ3v) is 6.84. The van der Waals surface area contributed by atoms with Crippen molar-refractivity contribution in [1.29, 1.82) is 0 Å². The molecule has 35 heavy (non-hydrogen) atoms. The van der Waals surface area contributed by atoms with Gasteiger partial charge >= 0.3 is 0 Å². The summed E-state index contributed by atoms with van der Waals surface area (Å²) in [5.41, 5.74) is 2.55. The normalized spacial score (nSPS) is 12.2. The second-order valence-electron chi connectivity index (χ2n) is 8.31. The second kappa shape index (κ2) is 12.2. The predicted octanol–water partition coefficient (Wildman–Crippen LogP) is 2.23. The first-order valence-electron chi connectivity index (χ1n) is 11.2. The van der Waals surface area contributed by atoms with Crippen LogP contribution >= 0.6 is 0 Å². The number of amides is 2. The van der Waals surface area contributed by atoms with Crippen molar-refractivity contribution in [1.82, 2.24) is 19.5 Å². The van der Waals surface area contributed by atoms with Crippen molar-refractivity contribution in [2.75, 3.05) is 19.8 Å². The summed E-state index contributed by atoms with van der Waals surface area (Å²) in [6, 6.07) is 21.5. The molecule has 1 aromatic heterocycles. The van der Waals surface area contributed by atoms with Crippen molar-refractivity contribution in [3.63, 3.8) is 0 Å². The van der Waals surface area contributed by atoms with Crippen molar-refractivity contribution >= 4 is 21.8 Å². The molecule has 3 aromatic rings. The summed E-state index contributed by atoms with van der Waals surface area (Å²) in [6.45, 7) is 0.0521. The van der Waals surface area contributed by atoms with Gasteiger partial charge < -0.3 is 10.2 Å². The Labute approximate surface area is 206 Å². The monoisotopic (exact) mass is 494 g/mol. The van der Waals surface area contributed by atoms with Gasteiger partial charge in [-0.05, 0) is 22.8 Å². The largest absolute Gasteiger partial charge is 0.350 e. The number of hydrogen-bond acceptors (Lipinski definition) is 5. The number of nitrogens with zero attached hydrogens (tertiary/aromatic N) is 3. The lowest BCUT2D eigenvalue weighted by molar-refractivity contribution is -0.141. The van der Waals surface area contributed by atoms with Gasteiger partial charge in [0.1, 0.15) is 6.04 Å². The van der Waals surface area contributed by atoms with E-state index >= 15 is 0 Å². The van der Waals surface area contributed by atoms with Gasteiger partial charge in [-0.1, -0.05) is 66.7 Å². The maximum absolute atomic E-state index is 13.5. The first-order chi connectivity index (χ1) is 16.7. The van der Waals surface area contributed by atoms with Gasteiger partial charge in [-0.25, -0.2) is 8.42 Å². The summed E-state index contributed by atoms with van der Waals surface area (Å²) in [5.74, 6) is -0.789. The standard InChI is InChI=1S/C26H30N4O4S/c1-29(35(2,33)34)20-25(31)30(19-22-12-7-4-8-13-22)24(16-21-10-5-3-6-11-21)26(32)28-18-23-14-9-15-27-17-23/h3-15,17,24H,16,18-20H2,1-2H3,(H,28,32). The summed E-state index contributed by atoms with van der Waals surface area (Å²) in [5, 5.41) is 2.92. The highest BCUT2D eigenvalue weighted by atomic mass is 32.2. The Morgan fingerprint density at radius 1 is 0.914 bits per heavy atom. The molecule has 0 radical (unpaired) electrons. The lowest BCUT2D eigenvalue weighted by Gasteiger charge is -2.32. The van der Waals surface area contributed by atoms with E-state index in [0.29, 0.717) is 0 Å². The average molecular weight is 495 g/mol. The minimum Gasteiger partial charge on any atom is -0.350 e. The minimum atomic E-state index is -3.58. The zero-order valence-electron chi connectivity index (χ0n) is 19.9. The first kappa shape index (κ1) is 26.1. The summed E-state index contributed by atoms with van der Waals surface area (Å²) in [6.07, 6.45) is 4.65. The Balaban J connectivity index is 1.92. The Hall–Kier alpha value is -3.56. The number of carbonyl (C=O) groups excluding carboxylic acids is 2. The van der Waals surface area contributed by atoms with Gasteiger partial charge in [-0.3, -0.25) is 14.6 Å². The van der Waals surface area contributed by atoms with Crippen LogP contribution in [0.3, 0.4) is 0 Å². The van der Waals surface area contributed by atoms with Gasteiger partial charge in [0.2, 0.25) is 21.8 Å². The molecule has 0 bridgehead atoms. The fourth-order valence-corrected chi connectivity index (χ4v) is 3.89. The topological polar surface area (TPSA) is 99.7 Å². The van der Waals surface area contributed by atoms with E-state index in [2.05, 4.69) is 10.3 Å². The van der Waals surface area contributed by atoms with Crippen molar-refractivity contribution in [3.05, 3.63) is 102 Å². The third-order valence-electron chi connectivity index (χ3n) is 5.58. The molecule has 1 N–H and O–H groups in total. The summed E-state index contributed by atoms with van der Waals surface area (Å²) in [4.78, 5) is 32.5. The maximum Gasteiger partial charge on any atom is 0.243 e. The Morgan fingerprint density at radius 3 is 2.09 bits per heavy atom.